The molecule has 1 fully saturated rings. The highest BCUT2D eigenvalue weighted by Crippen LogP contribution is 2.17. The van der Waals surface area contributed by atoms with E-state index in [9.17, 15) is 0 Å². The van der Waals surface area contributed by atoms with E-state index in [0.717, 1.165) is 13.0 Å². The van der Waals surface area contributed by atoms with Crippen molar-refractivity contribution in [1.29, 1.82) is 0 Å². The lowest BCUT2D eigenvalue weighted by atomic mass is 10.1. The average Bonchev–Trinajstić information content (AvgIpc) is 2.68. The number of hydrogen-bond donors (Lipinski definition) is 0. The second kappa shape index (κ2) is 8.77. The maximum Gasteiger partial charge on any atom is 0.158 e. The van der Waals surface area contributed by atoms with Crippen LogP contribution in [0.3, 0.4) is 0 Å². The van der Waals surface area contributed by atoms with E-state index < -0.39 is 0 Å². The summed E-state index contributed by atoms with van der Waals surface area (Å²) >= 11 is 0. The van der Waals surface area contributed by atoms with Crippen LogP contribution < -0.4 is 0 Å². The standard InChI is InChI=1S/C14H26O2/c1-3-4-5-6-7-8-9-10-11-14-15-12-13(2)16-14/h3,13-14H,1,4-12H2,2H3. The number of hydrogen-bond acceptors (Lipinski definition) is 2. The zero-order valence-electron chi connectivity index (χ0n) is 10.6. The molecule has 2 unspecified atom stereocenters. The minimum absolute atomic E-state index is 0.0794. The van der Waals surface area contributed by atoms with E-state index in [1.165, 1.54) is 44.9 Å². The van der Waals surface area contributed by atoms with Crippen molar-refractivity contribution in [1.82, 2.24) is 0 Å². The van der Waals surface area contributed by atoms with E-state index in [1.54, 1.807) is 0 Å². The fourth-order valence-electron chi connectivity index (χ4n) is 2.04. The van der Waals surface area contributed by atoms with Crippen molar-refractivity contribution >= 4 is 0 Å². The molecule has 0 aliphatic carbocycles. The van der Waals surface area contributed by atoms with Crippen molar-refractivity contribution in [3.63, 3.8) is 0 Å². The Bertz CT molecular complexity index is 180. The molecule has 2 heteroatoms. The Kier molecular flexibility index (Phi) is 7.52. The van der Waals surface area contributed by atoms with Crippen LogP contribution in [-0.2, 0) is 9.47 Å². The van der Waals surface area contributed by atoms with Gasteiger partial charge in [0.1, 0.15) is 0 Å². The summed E-state index contributed by atoms with van der Waals surface area (Å²) in [5.74, 6) is 0. The molecule has 1 aliphatic heterocycles. The molecule has 0 bridgehead atoms. The number of allylic oxidation sites excluding steroid dienone is 1. The third-order valence-corrected chi connectivity index (χ3v) is 3.00. The summed E-state index contributed by atoms with van der Waals surface area (Å²) in [7, 11) is 0. The molecule has 94 valence electrons. The molecule has 0 amide bonds. The smallest absolute Gasteiger partial charge is 0.158 e. The minimum atomic E-state index is 0.0794. The van der Waals surface area contributed by atoms with Crippen molar-refractivity contribution in [2.24, 2.45) is 0 Å². The Hall–Kier alpha value is -0.340. The van der Waals surface area contributed by atoms with Gasteiger partial charge in [0.25, 0.3) is 0 Å². The first-order valence-electron chi connectivity index (χ1n) is 6.71. The number of unbranched alkanes of at least 4 members (excludes halogenated alkanes) is 6. The molecule has 0 spiro atoms. The molecule has 0 aromatic heterocycles. The molecule has 2 nitrogen and oxygen atoms in total. The molecule has 1 saturated heterocycles. The summed E-state index contributed by atoms with van der Waals surface area (Å²) in [6, 6.07) is 0. The van der Waals surface area contributed by atoms with Crippen LogP contribution in [0.25, 0.3) is 0 Å². The van der Waals surface area contributed by atoms with Crippen LogP contribution in [0.15, 0.2) is 12.7 Å². The molecule has 1 aliphatic rings. The van der Waals surface area contributed by atoms with Gasteiger partial charge in [-0.05, 0) is 32.6 Å². The van der Waals surface area contributed by atoms with Crippen molar-refractivity contribution < 1.29 is 9.47 Å². The first kappa shape index (κ1) is 13.7. The molecule has 1 rings (SSSR count). The zero-order valence-corrected chi connectivity index (χ0v) is 10.6. The largest absolute Gasteiger partial charge is 0.350 e. The van der Waals surface area contributed by atoms with Crippen molar-refractivity contribution in [2.45, 2.75) is 70.7 Å². The molecular weight excluding hydrogens is 200 g/mol. The zero-order chi connectivity index (χ0) is 11.6. The fraction of sp³-hybridized carbons (Fsp3) is 0.857. The van der Waals surface area contributed by atoms with Gasteiger partial charge in [0, 0.05) is 0 Å². The second-order valence-corrected chi connectivity index (χ2v) is 4.70. The molecule has 0 aromatic carbocycles. The molecule has 0 saturated carbocycles. The van der Waals surface area contributed by atoms with E-state index in [-0.39, 0.29) is 6.29 Å². The summed E-state index contributed by atoms with van der Waals surface area (Å²) in [6.45, 7) is 6.57. The van der Waals surface area contributed by atoms with Gasteiger partial charge in [0.15, 0.2) is 6.29 Å². The number of rotatable bonds is 9. The molecule has 1 heterocycles. The molecule has 0 aromatic rings. The van der Waals surface area contributed by atoms with Gasteiger partial charge in [-0.1, -0.05) is 31.8 Å². The lowest BCUT2D eigenvalue weighted by molar-refractivity contribution is -0.0604. The lowest BCUT2D eigenvalue weighted by Gasteiger charge is -2.09. The van der Waals surface area contributed by atoms with Gasteiger partial charge in [-0.25, -0.2) is 0 Å². The van der Waals surface area contributed by atoms with Crippen LogP contribution in [0.1, 0.15) is 58.3 Å². The van der Waals surface area contributed by atoms with Crippen molar-refractivity contribution in [3.05, 3.63) is 12.7 Å². The predicted octanol–water partition coefficient (Wildman–Crippen LogP) is 4.05. The topological polar surface area (TPSA) is 18.5 Å². The monoisotopic (exact) mass is 226 g/mol. The van der Waals surface area contributed by atoms with Crippen LogP contribution in [0, 0.1) is 0 Å². The average molecular weight is 226 g/mol. The van der Waals surface area contributed by atoms with Gasteiger partial charge in [-0.2, -0.15) is 0 Å². The maximum absolute atomic E-state index is 5.59. The van der Waals surface area contributed by atoms with Crippen LogP contribution in [-0.4, -0.2) is 19.0 Å². The SMILES string of the molecule is C=CCCCCCCCCC1OCC(C)O1. The third kappa shape index (κ3) is 6.29. The molecule has 0 radical (unpaired) electrons. The molecular formula is C14H26O2. The van der Waals surface area contributed by atoms with Crippen molar-refractivity contribution in [2.75, 3.05) is 6.61 Å². The van der Waals surface area contributed by atoms with E-state index in [0.29, 0.717) is 6.10 Å². The van der Waals surface area contributed by atoms with Crippen LogP contribution in [0.5, 0.6) is 0 Å². The van der Waals surface area contributed by atoms with Gasteiger partial charge in [-0.15, -0.1) is 6.58 Å². The Morgan fingerprint density at radius 3 is 2.44 bits per heavy atom. The van der Waals surface area contributed by atoms with Crippen LogP contribution in [0.4, 0.5) is 0 Å². The van der Waals surface area contributed by atoms with Gasteiger partial charge >= 0.3 is 0 Å². The summed E-state index contributed by atoms with van der Waals surface area (Å²) in [6.07, 6.45) is 12.5. The first-order valence-corrected chi connectivity index (χ1v) is 6.71. The first-order chi connectivity index (χ1) is 7.83. The Morgan fingerprint density at radius 1 is 1.12 bits per heavy atom. The lowest BCUT2D eigenvalue weighted by Crippen LogP contribution is -2.08. The van der Waals surface area contributed by atoms with E-state index in [1.807, 2.05) is 6.08 Å². The normalized spacial score (nSPS) is 24.8. The molecule has 0 N–H and O–H groups in total. The highest BCUT2D eigenvalue weighted by molar-refractivity contribution is 4.65. The van der Waals surface area contributed by atoms with Gasteiger partial charge in [-0.3, -0.25) is 0 Å². The summed E-state index contributed by atoms with van der Waals surface area (Å²) < 4.78 is 11.1. The van der Waals surface area contributed by atoms with Crippen molar-refractivity contribution in [3.8, 4) is 0 Å². The van der Waals surface area contributed by atoms with Gasteiger partial charge < -0.3 is 9.47 Å². The van der Waals surface area contributed by atoms with Gasteiger partial charge in [0.05, 0.1) is 12.7 Å². The Balaban J connectivity index is 1.79. The molecule has 2 atom stereocenters. The van der Waals surface area contributed by atoms with Gasteiger partial charge in [0.2, 0.25) is 0 Å². The predicted molar refractivity (Wildman–Crippen MR) is 67.4 cm³/mol. The highest BCUT2D eigenvalue weighted by Gasteiger charge is 2.21. The summed E-state index contributed by atoms with van der Waals surface area (Å²) in [5.41, 5.74) is 0. The quantitative estimate of drug-likeness (QED) is 0.436. The summed E-state index contributed by atoms with van der Waals surface area (Å²) in [5, 5.41) is 0. The Morgan fingerprint density at radius 2 is 1.81 bits per heavy atom. The van der Waals surface area contributed by atoms with Crippen LogP contribution in [0.2, 0.25) is 0 Å². The maximum atomic E-state index is 5.59. The third-order valence-electron chi connectivity index (χ3n) is 3.00. The van der Waals surface area contributed by atoms with E-state index >= 15 is 0 Å². The second-order valence-electron chi connectivity index (χ2n) is 4.70. The Labute approximate surface area is 100 Å². The van der Waals surface area contributed by atoms with Crippen LogP contribution >= 0.6 is 0 Å². The van der Waals surface area contributed by atoms with E-state index in [4.69, 9.17) is 9.47 Å². The highest BCUT2D eigenvalue weighted by atomic mass is 16.7. The summed E-state index contributed by atoms with van der Waals surface area (Å²) in [4.78, 5) is 0. The molecule has 16 heavy (non-hydrogen) atoms. The minimum Gasteiger partial charge on any atom is -0.350 e. The fourth-order valence-corrected chi connectivity index (χ4v) is 2.04. The van der Waals surface area contributed by atoms with E-state index in [2.05, 4.69) is 13.5 Å². The number of ether oxygens (including phenoxy) is 2.